The normalized spacial score (nSPS) is 13.6. The van der Waals surface area contributed by atoms with Crippen LogP contribution < -0.4 is 5.32 Å². The van der Waals surface area contributed by atoms with Crippen molar-refractivity contribution in [3.63, 3.8) is 0 Å². The molecule has 6 nitrogen and oxygen atoms in total. The Kier molecular flexibility index (Phi) is 6.14. The van der Waals surface area contributed by atoms with Crippen molar-refractivity contribution < 1.29 is 33.0 Å². The van der Waals surface area contributed by atoms with Crippen molar-refractivity contribution in [1.29, 1.82) is 0 Å². The molecule has 0 bridgehead atoms. The summed E-state index contributed by atoms with van der Waals surface area (Å²) < 4.78 is 35.4. The molecular formula is C11H19F2NO5. The van der Waals surface area contributed by atoms with Gasteiger partial charge in [-0.25, -0.2) is 9.59 Å². The van der Waals surface area contributed by atoms with E-state index in [1.54, 1.807) is 20.8 Å². The molecule has 0 aromatic heterocycles. The van der Waals surface area contributed by atoms with Gasteiger partial charge in [0, 0.05) is 0 Å². The summed E-state index contributed by atoms with van der Waals surface area (Å²) in [6, 6.07) is 0. The van der Waals surface area contributed by atoms with Crippen LogP contribution in [-0.2, 0) is 14.3 Å². The van der Waals surface area contributed by atoms with Gasteiger partial charge in [0.25, 0.3) is 0 Å². The lowest BCUT2D eigenvalue weighted by Gasteiger charge is -2.23. The van der Waals surface area contributed by atoms with E-state index in [4.69, 9.17) is 4.74 Å². The Bertz CT molecular complexity index is 328. The smallest absolute Gasteiger partial charge is 0.407 e. The first kappa shape index (κ1) is 17.6. The Hall–Kier alpha value is -1.44. The maximum absolute atomic E-state index is 13.3. The van der Waals surface area contributed by atoms with Crippen LogP contribution in [0.4, 0.5) is 13.6 Å². The highest BCUT2D eigenvalue weighted by molar-refractivity contribution is 5.78. The molecule has 0 fully saturated rings. The van der Waals surface area contributed by atoms with Gasteiger partial charge in [0.05, 0.1) is 13.2 Å². The Balaban J connectivity index is 4.34. The highest BCUT2D eigenvalue weighted by atomic mass is 19.3. The van der Waals surface area contributed by atoms with Crippen molar-refractivity contribution in [3.8, 4) is 0 Å². The number of carbonyl (C=O) groups is 2. The van der Waals surface area contributed by atoms with Crippen LogP contribution >= 0.6 is 0 Å². The fourth-order valence-corrected chi connectivity index (χ4v) is 0.986. The van der Waals surface area contributed by atoms with Gasteiger partial charge in [-0.1, -0.05) is 0 Å². The van der Waals surface area contributed by atoms with Crippen LogP contribution in [0.5, 0.6) is 0 Å². The Morgan fingerprint density at radius 3 is 2.26 bits per heavy atom. The number of amides is 1. The highest BCUT2D eigenvalue weighted by Crippen LogP contribution is 2.20. The minimum Gasteiger partial charge on any atom is -0.461 e. The van der Waals surface area contributed by atoms with Crippen molar-refractivity contribution in [2.24, 2.45) is 0 Å². The Labute approximate surface area is 110 Å². The summed E-state index contributed by atoms with van der Waals surface area (Å²) in [5, 5.41) is 11.1. The minimum absolute atomic E-state index is 0.235. The van der Waals surface area contributed by atoms with Crippen LogP contribution in [0.15, 0.2) is 0 Å². The van der Waals surface area contributed by atoms with Crippen LogP contribution in [-0.4, -0.2) is 47.9 Å². The molecule has 0 radical (unpaired) electrons. The molecule has 0 heterocycles. The second kappa shape index (κ2) is 6.65. The maximum Gasteiger partial charge on any atom is 0.407 e. The van der Waals surface area contributed by atoms with Gasteiger partial charge in [0.2, 0.25) is 0 Å². The lowest BCUT2D eigenvalue weighted by Crippen LogP contribution is -2.49. The molecule has 112 valence electrons. The van der Waals surface area contributed by atoms with Gasteiger partial charge in [0.1, 0.15) is 11.7 Å². The molecule has 19 heavy (non-hydrogen) atoms. The van der Waals surface area contributed by atoms with Crippen LogP contribution in [0.1, 0.15) is 27.7 Å². The predicted octanol–water partition coefficient (Wildman–Crippen LogP) is 1.07. The SMILES string of the molecule is CCOC(=O)C(F)(F)C(O)CNC(=O)OC(C)(C)C. The van der Waals surface area contributed by atoms with Crippen molar-refractivity contribution >= 4 is 12.1 Å². The number of alkyl halides is 2. The number of aliphatic hydroxyl groups is 1. The third kappa shape index (κ3) is 6.32. The zero-order valence-corrected chi connectivity index (χ0v) is 11.3. The van der Waals surface area contributed by atoms with Gasteiger partial charge in [-0.05, 0) is 27.7 Å². The van der Waals surface area contributed by atoms with E-state index in [-0.39, 0.29) is 6.61 Å². The third-order valence-electron chi connectivity index (χ3n) is 1.80. The molecule has 2 N–H and O–H groups in total. The van der Waals surface area contributed by atoms with Gasteiger partial charge in [-0.3, -0.25) is 0 Å². The number of carbonyl (C=O) groups excluding carboxylic acids is 2. The molecule has 8 heteroatoms. The molecule has 0 aliphatic heterocycles. The van der Waals surface area contributed by atoms with Crippen LogP contribution in [0, 0.1) is 0 Å². The van der Waals surface area contributed by atoms with E-state index in [0.29, 0.717) is 0 Å². The zero-order chi connectivity index (χ0) is 15.3. The number of hydrogen-bond acceptors (Lipinski definition) is 5. The minimum atomic E-state index is -4.09. The fourth-order valence-electron chi connectivity index (χ4n) is 0.986. The van der Waals surface area contributed by atoms with E-state index in [1.807, 2.05) is 5.32 Å². The standard InChI is InChI=1S/C11H19F2NO5/c1-5-18-8(16)11(12,13)7(15)6-14-9(17)19-10(2,3)4/h7,15H,5-6H2,1-4H3,(H,14,17). The second-order valence-corrected chi connectivity index (χ2v) is 4.74. The summed E-state index contributed by atoms with van der Waals surface area (Å²) in [5.74, 6) is -5.93. The van der Waals surface area contributed by atoms with E-state index < -0.39 is 36.2 Å². The number of hydrogen-bond donors (Lipinski definition) is 2. The summed E-state index contributed by atoms with van der Waals surface area (Å²) in [7, 11) is 0. The highest BCUT2D eigenvalue weighted by Gasteiger charge is 2.48. The van der Waals surface area contributed by atoms with E-state index in [9.17, 15) is 23.5 Å². The number of ether oxygens (including phenoxy) is 2. The number of esters is 1. The van der Waals surface area contributed by atoms with Crippen LogP contribution in [0.25, 0.3) is 0 Å². The zero-order valence-electron chi connectivity index (χ0n) is 11.3. The first-order valence-corrected chi connectivity index (χ1v) is 5.70. The van der Waals surface area contributed by atoms with E-state index in [0.717, 1.165) is 0 Å². The average molecular weight is 283 g/mol. The van der Waals surface area contributed by atoms with Gasteiger partial charge >= 0.3 is 18.0 Å². The second-order valence-electron chi connectivity index (χ2n) is 4.74. The van der Waals surface area contributed by atoms with Gasteiger partial charge < -0.3 is 19.9 Å². The summed E-state index contributed by atoms with van der Waals surface area (Å²) in [6.07, 6.45) is -3.36. The van der Waals surface area contributed by atoms with Crippen molar-refractivity contribution in [2.45, 2.75) is 45.3 Å². The number of aliphatic hydroxyl groups excluding tert-OH is 1. The summed E-state index contributed by atoms with van der Waals surface area (Å²) in [5.41, 5.74) is -0.793. The third-order valence-corrected chi connectivity index (χ3v) is 1.80. The van der Waals surface area contributed by atoms with Crippen molar-refractivity contribution in [3.05, 3.63) is 0 Å². The van der Waals surface area contributed by atoms with E-state index in [2.05, 4.69) is 4.74 Å². The molecule has 1 unspecified atom stereocenters. The van der Waals surface area contributed by atoms with Crippen LogP contribution in [0.3, 0.4) is 0 Å². The van der Waals surface area contributed by atoms with Gasteiger partial charge in [-0.15, -0.1) is 0 Å². The molecule has 0 aliphatic rings. The molecule has 1 amide bonds. The quantitative estimate of drug-likeness (QED) is 0.737. The summed E-state index contributed by atoms with van der Waals surface area (Å²) in [4.78, 5) is 22.1. The Morgan fingerprint density at radius 1 is 1.32 bits per heavy atom. The summed E-state index contributed by atoms with van der Waals surface area (Å²) >= 11 is 0. The van der Waals surface area contributed by atoms with E-state index >= 15 is 0 Å². The monoisotopic (exact) mass is 283 g/mol. The molecule has 0 rings (SSSR count). The molecule has 0 spiro atoms. The molecule has 0 aromatic rings. The predicted molar refractivity (Wildman–Crippen MR) is 61.8 cm³/mol. The molecule has 0 saturated heterocycles. The Morgan fingerprint density at radius 2 is 1.84 bits per heavy atom. The maximum atomic E-state index is 13.3. The number of halogens is 2. The molecule has 0 saturated carbocycles. The van der Waals surface area contributed by atoms with Crippen LogP contribution in [0.2, 0.25) is 0 Å². The molecule has 1 atom stereocenters. The van der Waals surface area contributed by atoms with Gasteiger partial charge in [-0.2, -0.15) is 8.78 Å². The largest absolute Gasteiger partial charge is 0.461 e. The number of nitrogens with one attached hydrogen (secondary N) is 1. The number of alkyl carbamates (subject to hydrolysis) is 1. The first-order valence-electron chi connectivity index (χ1n) is 5.70. The van der Waals surface area contributed by atoms with Crippen molar-refractivity contribution in [2.75, 3.05) is 13.2 Å². The molecular weight excluding hydrogens is 264 g/mol. The first-order chi connectivity index (χ1) is 8.50. The fraction of sp³-hybridized carbons (Fsp3) is 0.818. The lowest BCUT2D eigenvalue weighted by atomic mass is 10.2. The molecule has 0 aliphatic carbocycles. The average Bonchev–Trinajstić information content (AvgIpc) is 2.23. The molecule has 0 aromatic carbocycles. The lowest BCUT2D eigenvalue weighted by molar-refractivity contribution is -0.187. The summed E-state index contributed by atoms with van der Waals surface area (Å²) in [6.45, 7) is 5.07. The van der Waals surface area contributed by atoms with Crippen molar-refractivity contribution in [1.82, 2.24) is 5.32 Å². The van der Waals surface area contributed by atoms with Gasteiger partial charge in [0.15, 0.2) is 0 Å². The topological polar surface area (TPSA) is 84.9 Å². The van der Waals surface area contributed by atoms with E-state index in [1.165, 1.54) is 6.92 Å². The number of rotatable bonds is 5.